The predicted octanol–water partition coefficient (Wildman–Crippen LogP) is 1.14. The van der Waals surface area contributed by atoms with Gasteiger partial charge in [-0.15, -0.1) is 0 Å². The molecule has 2 rings (SSSR count). The van der Waals surface area contributed by atoms with Gasteiger partial charge in [0.15, 0.2) is 0 Å². The molecule has 0 saturated heterocycles. The Hall–Kier alpha value is -1.72. The van der Waals surface area contributed by atoms with Crippen LogP contribution in [0.1, 0.15) is 17.4 Å². The summed E-state index contributed by atoms with van der Waals surface area (Å²) in [7, 11) is 0. The minimum Gasteiger partial charge on any atom is -0.493 e. The lowest BCUT2D eigenvalue weighted by Crippen LogP contribution is -2.05. The van der Waals surface area contributed by atoms with E-state index in [1.54, 1.807) is 24.3 Å². The molecule has 1 unspecified atom stereocenters. The van der Waals surface area contributed by atoms with Crippen molar-refractivity contribution in [3.8, 4) is 5.88 Å². The van der Waals surface area contributed by atoms with Gasteiger partial charge in [-0.3, -0.25) is 4.98 Å². The first kappa shape index (κ1) is 10.8. The molecule has 0 amide bonds. The highest BCUT2D eigenvalue weighted by molar-refractivity contribution is 6.30. The van der Waals surface area contributed by atoms with Gasteiger partial charge < -0.3 is 15.2 Å². The molecule has 0 spiro atoms. The van der Waals surface area contributed by atoms with E-state index in [1.165, 1.54) is 0 Å². The first-order chi connectivity index (χ1) is 7.58. The number of aliphatic hydroxyl groups is 1. The average molecular weight is 241 g/mol. The van der Waals surface area contributed by atoms with Gasteiger partial charge in [0, 0.05) is 5.02 Å². The molecule has 0 radical (unpaired) electrons. The van der Waals surface area contributed by atoms with E-state index in [4.69, 9.17) is 11.6 Å². The zero-order valence-electron chi connectivity index (χ0n) is 8.07. The molecule has 6 heteroatoms. The number of aromatic hydroxyl groups is 1. The maximum absolute atomic E-state index is 10.9. The summed E-state index contributed by atoms with van der Waals surface area (Å²) in [5, 5.41) is 19.7. The van der Waals surface area contributed by atoms with E-state index in [1.807, 2.05) is 0 Å². The Labute approximate surface area is 95.3 Å². The molecule has 84 valence electrons. The van der Waals surface area contributed by atoms with Gasteiger partial charge in [0.1, 0.15) is 11.8 Å². The van der Waals surface area contributed by atoms with Gasteiger partial charge in [-0.05, 0) is 17.7 Å². The highest BCUT2D eigenvalue weighted by atomic mass is 35.5. The number of nitrogens with one attached hydrogen (secondary N) is 2. The summed E-state index contributed by atoms with van der Waals surface area (Å²) in [5.74, 6) is -0.377. The molecule has 1 aromatic carbocycles. The first-order valence-corrected chi connectivity index (χ1v) is 4.90. The van der Waals surface area contributed by atoms with E-state index in [0.717, 1.165) is 0 Å². The Morgan fingerprint density at radius 2 is 2.06 bits per heavy atom. The van der Waals surface area contributed by atoms with Crippen LogP contribution < -0.4 is 5.69 Å². The van der Waals surface area contributed by atoms with Crippen LogP contribution in [0.15, 0.2) is 29.1 Å². The molecule has 1 atom stereocenters. The van der Waals surface area contributed by atoms with E-state index >= 15 is 0 Å². The zero-order chi connectivity index (χ0) is 11.7. The van der Waals surface area contributed by atoms with Crippen molar-refractivity contribution in [1.82, 2.24) is 9.97 Å². The van der Waals surface area contributed by atoms with Crippen molar-refractivity contribution in [3.05, 3.63) is 51.0 Å². The molecule has 16 heavy (non-hydrogen) atoms. The summed E-state index contributed by atoms with van der Waals surface area (Å²) in [6, 6.07) is 6.53. The number of aromatic amines is 2. The Morgan fingerprint density at radius 3 is 2.62 bits per heavy atom. The number of hydrogen-bond acceptors (Lipinski definition) is 3. The van der Waals surface area contributed by atoms with Gasteiger partial charge in [-0.1, -0.05) is 23.7 Å². The lowest BCUT2D eigenvalue weighted by Gasteiger charge is -2.09. The fourth-order valence-electron chi connectivity index (χ4n) is 1.43. The van der Waals surface area contributed by atoms with E-state index in [-0.39, 0.29) is 11.6 Å². The van der Waals surface area contributed by atoms with Crippen LogP contribution in [-0.4, -0.2) is 20.2 Å². The third kappa shape index (κ3) is 1.95. The van der Waals surface area contributed by atoms with Crippen LogP contribution in [-0.2, 0) is 0 Å². The van der Waals surface area contributed by atoms with Crippen LogP contribution in [0.3, 0.4) is 0 Å². The lowest BCUT2D eigenvalue weighted by molar-refractivity contribution is 0.210. The molecular weight excluding hydrogens is 232 g/mol. The third-order valence-corrected chi connectivity index (χ3v) is 2.41. The van der Waals surface area contributed by atoms with Crippen LogP contribution in [0.25, 0.3) is 0 Å². The molecule has 0 saturated carbocycles. The van der Waals surface area contributed by atoms with E-state index in [0.29, 0.717) is 10.6 Å². The second kappa shape index (κ2) is 4.03. The Bertz CT molecular complexity index is 561. The van der Waals surface area contributed by atoms with E-state index < -0.39 is 11.8 Å². The molecule has 0 bridgehead atoms. The first-order valence-electron chi connectivity index (χ1n) is 4.52. The zero-order valence-corrected chi connectivity index (χ0v) is 8.82. The van der Waals surface area contributed by atoms with Crippen molar-refractivity contribution in [2.24, 2.45) is 0 Å². The van der Waals surface area contributed by atoms with Crippen LogP contribution in [0.5, 0.6) is 5.88 Å². The molecule has 0 aliphatic heterocycles. The summed E-state index contributed by atoms with van der Waals surface area (Å²) in [6.07, 6.45) is -1.13. The summed E-state index contributed by atoms with van der Waals surface area (Å²) < 4.78 is 0. The van der Waals surface area contributed by atoms with Crippen molar-refractivity contribution >= 4 is 11.6 Å². The van der Waals surface area contributed by atoms with Gasteiger partial charge in [0.05, 0.1) is 0 Å². The monoisotopic (exact) mass is 240 g/mol. The molecular formula is C10H9ClN2O3. The largest absolute Gasteiger partial charge is 0.493 e. The van der Waals surface area contributed by atoms with E-state index in [9.17, 15) is 15.0 Å². The number of imidazole rings is 1. The highest BCUT2D eigenvalue weighted by Gasteiger charge is 2.17. The highest BCUT2D eigenvalue weighted by Crippen LogP contribution is 2.26. The summed E-state index contributed by atoms with van der Waals surface area (Å²) in [4.78, 5) is 15.3. The average Bonchev–Trinajstić information content (AvgIpc) is 2.57. The fourth-order valence-corrected chi connectivity index (χ4v) is 1.63. The minimum absolute atomic E-state index is 0.0206. The van der Waals surface area contributed by atoms with Gasteiger partial charge in [0.25, 0.3) is 0 Å². The summed E-state index contributed by atoms with van der Waals surface area (Å²) in [5.41, 5.74) is -0.0705. The number of halogens is 1. The van der Waals surface area contributed by atoms with Gasteiger partial charge in [-0.2, -0.15) is 0 Å². The Kier molecular flexibility index (Phi) is 2.72. The lowest BCUT2D eigenvalue weighted by atomic mass is 10.1. The van der Waals surface area contributed by atoms with Crippen LogP contribution in [0, 0.1) is 0 Å². The molecule has 4 N–H and O–H groups in total. The van der Waals surface area contributed by atoms with Crippen LogP contribution in [0.4, 0.5) is 0 Å². The number of benzene rings is 1. The smallest absolute Gasteiger partial charge is 0.326 e. The third-order valence-electron chi connectivity index (χ3n) is 2.17. The molecule has 1 heterocycles. The number of aliphatic hydroxyl groups excluding tert-OH is 1. The minimum atomic E-state index is -1.13. The second-order valence-corrected chi connectivity index (χ2v) is 3.74. The maximum Gasteiger partial charge on any atom is 0.326 e. The quantitative estimate of drug-likeness (QED) is 0.635. The standard InChI is InChI=1S/C10H9ClN2O3/c11-6-3-1-2-5(4-6)8(14)7-9(15)13-10(16)12-7/h1-4,8,14-15H,(H2,12,13,16). The summed E-state index contributed by atoms with van der Waals surface area (Å²) >= 11 is 5.77. The molecule has 0 aliphatic carbocycles. The van der Waals surface area contributed by atoms with Crippen molar-refractivity contribution in [2.45, 2.75) is 6.10 Å². The van der Waals surface area contributed by atoms with Crippen LogP contribution >= 0.6 is 11.6 Å². The molecule has 0 fully saturated rings. The fraction of sp³-hybridized carbons (Fsp3) is 0.100. The summed E-state index contributed by atoms with van der Waals surface area (Å²) in [6.45, 7) is 0. The van der Waals surface area contributed by atoms with E-state index in [2.05, 4.69) is 9.97 Å². The van der Waals surface area contributed by atoms with Crippen molar-refractivity contribution < 1.29 is 10.2 Å². The Balaban J connectivity index is 2.42. The van der Waals surface area contributed by atoms with Gasteiger partial charge in [-0.25, -0.2) is 4.79 Å². The topological polar surface area (TPSA) is 89.1 Å². The van der Waals surface area contributed by atoms with Gasteiger partial charge >= 0.3 is 5.69 Å². The maximum atomic E-state index is 10.9. The number of H-pyrrole nitrogens is 2. The SMILES string of the molecule is O=c1[nH]c(O)c(C(O)c2cccc(Cl)c2)[nH]1. The van der Waals surface area contributed by atoms with Crippen LogP contribution in [0.2, 0.25) is 5.02 Å². The normalized spacial score (nSPS) is 12.6. The van der Waals surface area contributed by atoms with Crippen molar-refractivity contribution in [1.29, 1.82) is 0 Å². The molecule has 0 aliphatic rings. The van der Waals surface area contributed by atoms with Gasteiger partial charge in [0.2, 0.25) is 5.88 Å². The Morgan fingerprint density at radius 1 is 1.31 bits per heavy atom. The number of aromatic nitrogens is 2. The molecule has 5 nitrogen and oxygen atoms in total. The van der Waals surface area contributed by atoms with Crippen molar-refractivity contribution in [2.75, 3.05) is 0 Å². The molecule has 1 aromatic heterocycles. The predicted molar refractivity (Wildman–Crippen MR) is 58.6 cm³/mol. The number of rotatable bonds is 2. The molecule has 2 aromatic rings. The van der Waals surface area contributed by atoms with Crippen molar-refractivity contribution in [3.63, 3.8) is 0 Å². The second-order valence-electron chi connectivity index (χ2n) is 3.30. The number of hydrogen-bond donors (Lipinski definition) is 4.